The van der Waals surface area contributed by atoms with Crippen molar-refractivity contribution in [2.24, 2.45) is 0 Å². The number of nitrogens with one attached hydrogen (secondary N) is 1. The summed E-state index contributed by atoms with van der Waals surface area (Å²) in [4.78, 5) is 12.6. The second-order valence-electron chi connectivity index (χ2n) is 4.46. The molecule has 0 atom stereocenters. The van der Waals surface area contributed by atoms with Gasteiger partial charge in [-0.3, -0.25) is 10.1 Å². The molecule has 0 spiro atoms. The fraction of sp³-hybridized carbons (Fsp3) is 0.200. The lowest BCUT2D eigenvalue weighted by Gasteiger charge is -2.08. The number of nitro benzene ring substituents is 1. The Labute approximate surface area is 136 Å². The Balaban J connectivity index is 2.26. The number of nitrogens with zero attached hydrogens (tertiary/aromatic N) is 1. The Bertz CT molecular complexity index is 632. The number of nitro groups is 1. The number of non-ortho nitro benzene ring substituents is 1. The molecule has 6 heteroatoms. The summed E-state index contributed by atoms with van der Waals surface area (Å²) in [6.07, 6.45) is 0.970. The van der Waals surface area contributed by atoms with E-state index in [1.54, 1.807) is 12.1 Å². The Hall–Kier alpha value is -1.53. The van der Waals surface area contributed by atoms with Crippen LogP contribution in [0.15, 0.2) is 56.7 Å². The molecule has 0 heterocycles. The molecule has 0 bridgehead atoms. The van der Waals surface area contributed by atoms with Crippen molar-refractivity contribution >= 4 is 39.1 Å². The zero-order valence-corrected chi connectivity index (χ0v) is 13.9. The first-order valence-electron chi connectivity index (χ1n) is 6.55. The van der Waals surface area contributed by atoms with Crippen LogP contribution in [-0.2, 0) is 0 Å². The van der Waals surface area contributed by atoms with Crippen LogP contribution in [-0.4, -0.2) is 11.5 Å². The average molecular weight is 367 g/mol. The first kappa shape index (κ1) is 15.9. The van der Waals surface area contributed by atoms with Crippen LogP contribution in [0.1, 0.15) is 13.3 Å². The molecule has 4 nitrogen and oxygen atoms in total. The van der Waals surface area contributed by atoms with Gasteiger partial charge >= 0.3 is 0 Å². The maximum absolute atomic E-state index is 11.0. The van der Waals surface area contributed by atoms with Gasteiger partial charge in [0.15, 0.2) is 0 Å². The van der Waals surface area contributed by atoms with E-state index in [4.69, 9.17) is 0 Å². The molecule has 1 N–H and O–H groups in total. The minimum Gasteiger partial charge on any atom is -0.385 e. The highest BCUT2D eigenvalue weighted by Crippen LogP contribution is 2.33. The van der Waals surface area contributed by atoms with Crippen LogP contribution in [0, 0.1) is 10.1 Å². The highest BCUT2D eigenvalue weighted by Gasteiger charge is 2.10. The van der Waals surface area contributed by atoms with E-state index in [1.807, 2.05) is 30.3 Å². The van der Waals surface area contributed by atoms with Crippen molar-refractivity contribution < 1.29 is 4.92 Å². The van der Waals surface area contributed by atoms with Crippen molar-refractivity contribution in [2.75, 3.05) is 11.9 Å². The van der Waals surface area contributed by atoms with E-state index in [-0.39, 0.29) is 10.6 Å². The predicted octanol–water partition coefficient (Wildman–Crippen LogP) is 5.33. The van der Waals surface area contributed by atoms with Gasteiger partial charge in [0.2, 0.25) is 0 Å². The van der Waals surface area contributed by atoms with Crippen molar-refractivity contribution in [3.63, 3.8) is 0 Å². The van der Waals surface area contributed by atoms with E-state index >= 15 is 0 Å². The van der Waals surface area contributed by atoms with Gasteiger partial charge in [0.05, 0.1) is 4.92 Å². The second kappa shape index (κ2) is 7.47. The zero-order valence-electron chi connectivity index (χ0n) is 11.5. The molecular formula is C15H15BrN2O2S. The lowest BCUT2D eigenvalue weighted by atomic mass is 10.2. The van der Waals surface area contributed by atoms with Crippen molar-refractivity contribution in [1.29, 1.82) is 0 Å². The summed E-state index contributed by atoms with van der Waals surface area (Å²) in [6, 6.07) is 13.0. The number of anilines is 1. The van der Waals surface area contributed by atoms with Crippen molar-refractivity contribution in [2.45, 2.75) is 23.1 Å². The smallest absolute Gasteiger partial charge is 0.272 e. The van der Waals surface area contributed by atoms with Gasteiger partial charge in [0.1, 0.15) is 0 Å². The fourth-order valence-electron chi connectivity index (χ4n) is 1.76. The zero-order chi connectivity index (χ0) is 15.2. The molecule has 0 radical (unpaired) electrons. The van der Waals surface area contributed by atoms with Gasteiger partial charge in [0, 0.05) is 38.6 Å². The van der Waals surface area contributed by atoms with Crippen LogP contribution in [0.4, 0.5) is 11.4 Å². The molecule has 0 aromatic heterocycles. The lowest BCUT2D eigenvalue weighted by Crippen LogP contribution is -2.00. The molecule has 0 aliphatic rings. The summed E-state index contributed by atoms with van der Waals surface area (Å²) in [6.45, 7) is 2.85. The summed E-state index contributed by atoms with van der Waals surface area (Å²) in [5, 5.41) is 14.2. The molecule has 2 aromatic rings. The van der Waals surface area contributed by atoms with Crippen LogP contribution in [0.25, 0.3) is 0 Å². The van der Waals surface area contributed by atoms with Crippen LogP contribution in [0.3, 0.4) is 0 Å². The second-order valence-corrected chi connectivity index (χ2v) is 6.52. The molecule has 0 aliphatic carbocycles. The van der Waals surface area contributed by atoms with Crippen molar-refractivity contribution in [3.8, 4) is 0 Å². The minimum absolute atomic E-state index is 0.107. The van der Waals surface area contributed by atoms with Crippen LogP contribution < -0.4 is 5.32 Å². The van der Waals surface area contributed by atoms with Crippen molar-refractivity contribution in [1.82, 2.24) is 0 Å². The highest BCUT2D eigenvalue weighted by molar-refractivity contribution is 9.10. The summed E-state index contributed by atoms with van der Waals surface area (Å²) in [5.41, 5.74) is 0.890. The number of hydrogen-bond acceptors (Lipinski definition) is 4. The van der Waals surface area contributed by atoms with E-state index in [1.165, 1.54) is 11.8 Å². The topological polar surface area (TPSA) is 55.2 Å². The number of halogens is 1. The Morgan fingerprint density at radius 2 is 1.90 bits per heavy atom. The molecule has 0 unspecified atom stereocenters. The monoisotopic (exact) mass is 366 g/mol. The summed E-state index contributed by atoms with van der Waals surface area (Å²) >= 11 is 4.90. The summed E-state index contributed by atoms with van der Waals surface area (Å²) in [5.74, 6) is 0. The minimum atomic E-state index is -0.358. The SMILES string of the molecule is CCCNc1cc(Sc2ccc(Br)cc2)cc([N+](=O)[O-])c1. The summed E-state index contributed by atoms with van der Waals surface area (Å²) in [7, 11) is 0. The molecular weight excluding hydrogens is 352 g/mol. The fourth-order valence-corrected chi connectivity index (χ4v) is 2.93. The Kier molecular flexibility index (Phi) is 5.64. The highest BCUT2D eigenvalue weighted by atomic mass is 79.9. The maximum Gasteiger partial charge on any atom is 0.272 e. The molecule has 0 saturated carbocycles. The molecule has 0 fully saturated rings. The van der Waals surface area contributed by atoms with Gasteiger partial charge in [-0.05, 0) is 36.8 Å². The average Bonchev–Trinajstić information content (AvgIpc) is 2.47. The van der Waals surface area contributed by atoms with Gasteiger partial charge in [-0.15, -0.1) is 0 Å². The molecule has 2 rings (SSSR count). The van der Waals surface area contributed by atoms with Crippen LogP contribution in [0.2, 0.25) is 0 Å². The van der Waals surface area contributed by atoms with Gasteiger partial charge in [-0.2, -0.15) is 0 Å². The van der Waals surface area contributed by atoms with Crippen molar-refractivity contribution in [3.05, 3.63) is 57.1 Å². The first-order chi connectivity index (χ1) is 10.1. The third-order valence-electron chi connectivity index (χ3n) is 2.73. The van der Waals surface area contributed by atoms with Crippen LogP contribution >= 0.6 is 27.7 Å². The lowest BCUT2D eigenvalue weighted by molar-refractivity contribution is -0.385. The molecule has 21 heavy (non-hydrogen) atoms. The number of benzene rings is 2. The first-order valence-corrected chi connectivity index (χ1v) is 8.16. The van der Waals surface area contributed by atoms with Crippen LogP contribution in [0.5, 0.6) is 0 Å². The molecule has 0 aliphatic heterocycles. The van der Waals surface area contributed by atoms with E-state index in [0.29, 0.717) is 0 Å². The Morgan fingerprint density at radius 3 is 2.52 bits per heavy atom. The van der Waals surface area contributed by atoms with E-state index in [0.717, 1.165) is 32.9 Å². The third-order valence-corrected chi connectivity index (χ3v) is 4.24. The number of rotatable bonds is 6. The largest absolute Gasteiger partial charge is 0.385 e. The summed E-state index contributed by atoms with van der Waals surface area (Å²) < 4.78 is 1.01. The maximum atomic E-state index is 11.0. The molecule has 0 saturated heterocycles. The quantitative estimate of drug-likeness (QED) is 0.554. The standard InChI is InChI=1S/C15H15BrN2O2S/c1-2-7-17-12-8-13(18(19)20)10-15(9-12)21-14-5-3-11(16)4-6-14/h3-6,8-10,17H,2,7H2,1H3. The third kappa shape index (κ3) is 4.75. The van der Waals surface area contributed by atoms with Gasteiger partial charge < -0.3 is 5.32 Å². The van der Waals surface area contributed by atoms with Gasteiger partial charge in [-0.1, -0.05) is 34.6 Å². The molecule has 110 valence electrons. The van der Waals surface area contributed by atoms with E-state index < -0.39 is 0 Å². The predicted molar refractivity (Wildman–Crippen MR) is 90.1 cm³/mol. The van der Waals surface area contributed by atoms with Gasteiger partial charge in [-0.25, -0.2) is 0 Å². The normalized spacial score (nSPS) is 10.4. The van der Waals surface area contributed by atoms with Gasteiger partial charge in [0.25, 0.3) is 5.69 Å². The molecule has 2 aromatic carbocycles. The van der Waals surface area contributed by atoms with E-state index in [9.17, 15) is 10.1 Å². The number of hydrogen-bond donors (Lipinski definition) is 1. The molecule has 0 amide bonds. The Morgan fingerprint density at radius 1 is 1.19 bits per heavy atom. The van der Waals surface area contributed by atoms with E-state index in [2.05, 4.69) is 28.2 Å².